The number of thioether (sulfide) groups is 2. The second-order valence-electron chi connectivity index (χ2n) is 2.68. The Morgan fingerprint density at radius 2 is 1.80 bits per heavy atom. The predicted octanol–water partition coefficient (Wildman–Crippen LogP) is 2.25. The highest BCUT2D eigenvalue weighted by molar-refractivity contribution is 8.06. The van der Waals surface area contributed by atoms with E-state index in [9.17, 15) is 13.2 Å². The van der Waals surface area contributed by atoms with Gasteiger partial charge in [0.15, 0.2) is 0 Å². The molecule has 0 spiro atoms. The van der Waals surface area contributed by atoms with Crippen LogP contribution in [0.25, 0.3) is 0 Å². The second-order valence-corrected chi connectivity index (χ2v) is 6.79. The van der Waals surface area contributed by atoms with Gasteiger partial charge in [0.2, 0.25) is 0 Å². The van der Waals surface area contributed by atoms with Crippen LogP contribution >= 0.6 is 23.5 Å². The van der Waals surface area contributed by atoms with Gasteiger partial charge >= 0.3 is 15.6 Å². The van der Waals surface area contributed by atoms with Crippen molar-refractivity contribution in [1.82, 2.24) is 0 Å². The Balaban J connectivity index is 0.000000262. The topological polar surface area (TPSA) is 54.4 Å². The Labute approximate surface area is 94.9 Å². The summed E-state index contributed by atoms with van der Waals surface area (Å²) < 4.78 is 57.5. The molecule has 1 fully saturated rings. The van der Waals surface area contributed by atoms with Crippen molar-refractivity contribution >= 4 is 33.6 Å². The first-order valence-electron chi connectivity index (χ1n) is 3.87. The number of hydrogen-bond donors (Lipinski definition) is 1. The molecule has 9 heteroatoms. The fraction of sp³-hybridized carbons (Fsp3) is 1.00. The molecule has 1 rings (SSSR count). The van der Waals surface area contributed by atoms with E-state index in [4.69, 9.17) is 13.0 Å². The minimum atomic E-state index is -5.84. The van der Waals surface area contributed by atoms with Gasteiger partial charge in [0, 0.05) is 22.5 Å². The number of halogens is 3. The van der Waals surface area contributed by atoms with Crippen molar-refractivity contribution < 1.29 is 26.1 Å². The molecule has 15 heavy (non-hydrogen) atoms. The maximum atomic E-state index is 10.7. The number of rotatable bonds is 0. The predicted molar refractivity (Wildman–Crippen MR) is 56.8 cm³/mol. The fourth-order valence-corrected chi connectivity index (χ4v) is 3.04. The van der Waals surface area contributed by atoms with Crippen molar-refractivity contribution in [2.24, 2.45) is 0 Å². The molecule has 1 aliphatic rings. The van der Waals surface area contributed by atoms with E-state index < -0.39 is 15.6 Å². The number of alkyl halides is 3. The van der Waals surface area contributed by atoms with Crippen LogP contribution in [0.1, 0.15) is 6.92 Å². The van der Waals surface area contributed by atoms with E-state index in [2.05, 4.69) is 30.4 Å². The highest BCUT2D eigenvalue weighted by atomic mass is 32.2. The summed E-state index contributed by atoms with van der Waals surface area (Å²) in [5, 5.41) is 0.916. The zero-order valence-electron chi connectivity index (χ0n) is 7.82. The fourth-order valence-electron chi connectivity index (χ4n) is 0.606. The minimum Gasteiger partial charge on any atom is -0.279 e. The lowest BCUT2D eigenvalue weighted by molar-refractivity contribution is -0.0510. The Kier molecular flexibility index (Phi) is 6.38. The van der Waals surface area contributed by atoms with E-state index in [1.807, 2.05) is 0 Å². The Hall–Kier alpha value is 0.400. The molecule has 0 aromatic carbocycles. The highest BCUT2D eigenvalue weighted by Gasteiger charge is 2.44. The lowest BCUT2D eigenvalue weighted by Crippen LogP contribution is -2.21. The molecule has 0 saturated carbocycles. The molecule has 3 nitrogen and oxygen atoms in total. The molecule has 0 aromatic rings. The Morgan fingerprint density at radius 3 is 1.93 bits per heavy atom. The van der Waals surface area contributed by atoms with Crippen LogP contribution in [-0.4, -0.2) is 41.0 Å². The van der Waals surface area contributed by atoms with Crippen LogP contribution in [0.3, 0.4) is 0 Å². The van der Waals surface area contributed by atoms with Gasteiger partial charge in [-0.15, -0.1) is 0 Å². The van der Waals surface area contributed by atoms with Crippen LogP contribution in [0.15, 0.2) is 0 Å². The van der Waals surface area contributed by atoms with Crippen molar-refractivity contribution in [3.05, 3.63) is 0 Å². The molecule has 0 amide bonds. The molecule has 0 aromatic heterocycles. The third-order valence-corrected chi connectivity index (χ3v) is 4.73. The summed E-state index contributed by atoms with van der Waals surface area (Å²) in [7, 11) is -5.84. The summed E-state index contributed by atoms with van der Waals surface area (Å²) >= 11 is 4.18. The molecule has 92 valence electrons. The van der Waals surface area contributed by atoms with Gasteiger partial charge in [0.05, 0.1) is 0 Å². The van der Waals surface area contributed by atoms with E-state index in [0.717, 1.165) is 5.25 Å². The summed E-state index contributed by atoms with van der Waals surface area (Å²) in [5.41, 5.74) is -5.53. The SMILES string of the molecule is CC1CSCCS1.O=S(=O)(O)C(F)(F)F. The molecule has 1 aliphatic heterocycles. The highest BCUT2D eigenvalue weighted by Crippen LogP contribution is 2.22. The molecule has 1 heterocycles. The summed E-state index contributed by atoms with van der Waals surface area (Å²) in [5.74, 6) is 4.10. The molecule has 0 radical (unpaired) electrons. The largest absolute Gasteiger partial charge is 0.522 e. The van der Waals surface area contributed by atoms with Gasteiger partial charge in [-0.3, -0.25) is 4.55 Å². The zero-order valence-corrected chi connectivity index (χ0v) is 10.3. The first-order valence-corrected chi connectivity index (χ1v) is 7.52. The molecule has 1 N–H and O–H groups in total. The van der Waals surface area contributed by atoms with Gasteiger partial charge in [-0.1, -0.05) is 6.92 Å². The van der Waals surface area contributed by atoms with Crippen LogP contribution in [0.2, 0.25) is 0 Å². The van der Waals surface area contributed by atoms with Crippen LogP contribution in [0, 0.1) is 0 Å². The zero-order chi connectivity index (χ0) is 12.1. The normalized spacial score (nSPS) is 22.9. The molecule has 0 aliphatic carbocycles. The summed E-state index contributed by atoms with van der Waals surface area (Å²) in [6.07, 6.45) is 0. The van der Waals surface area contributed by atoms with Gasteiger partial charge < -0.3 is 0 Å². The van der Waals surface area contributed by atoms with Gasteiger partial charge in [0.25, 0.3) is 0 Å². The number of hydrogen-bond acceptors (Lipinski definition) is 4. The first kappa shape index (κ1) is 15.4. The average molecular weight is 284 g/mol. The van der Waals surface area contributed by atoms with E-state index in [0.29, 0.717) is 0 Å². The van der Waals surface area contributed by atoms with Crippen LogP contribution < -0.4 is 0 Å². The average Bonchev–Trinajstić information content (AvgIpc) is 2.02. The summed E-state index contributed by atoms with van der Waals surface area (Å²) in [6, 6.07) is 0. The molecule has 0 bridgehead atoms. The lowest BCUT2D eigenvalue weighted by atomic mass is 10.6. The Bertz CT molecular complexity index is 269. The van der Waals surface area contributed by atoms with Gasteiger partial charge in [0.1, 0.15) is 0 Å². The van der Waals surface area contributed by atoms with Crippen molar-refractivity contribution in [1.29, 1.82) is 0 Å². The van der Waals surface area contributed by atoms with Crippen molar-refractivity contribution in [2.45, 2.75) is 17.7 Å². The second kappa shape index (κ2) is 6.21. The van der Waals surface area contributed by atoms with E-state index >= 15 is 0 Å². The lowest BCUT2D eigenvalue weighted by Gasteiger charge is -2.15. The first-order chi connectivity index (χ1) is 6.64. The van der Waals surface area contributed by atoms with Crippen LogP contribution in [0.4, 0.5) is 13.2 Å². The Morgan fingerprint density at radius 1 is 1.33 bits per heavy atom. The smallest absolute Gasteiger partial charge is 0.279 e. The van der Waals surface area contributed by atoms with Crippen LogP contribution in [0.5, 0.6) is 0 Å². The standard InChI is InChI=1S/C5H10S2.CHF3O3S/c1-5-4-6-2-3-7-5;2-1(3,4)8(5,6)7/h5H,2-4H2,1H3;(H,5,6,7). The molecular weight excluding hydrogens is 273 g/mol. The van der Waals surface area contributed by atoms with Crippen molar-refractivity contribution in [2.75, 3.05) is 17.3 Å². The molecular formula is C6H11F3O3S3. The van der Waals surface area contributed by atoms with Gasteiger partial charge in [-0.2, -0.15) is 45.1 Å². The minimum absolute atomic E-state index is 0.916. The third-order valence-electron chi connectivity index (χ3n) is 1.28. The van der Waals surface area contributed by atoms with Gasteiger partial charge in [-0.25, -0.2) is 0 Å². The maximum Gasteiger partial charge on any atom is 0.522 e. The van der Waals surface area contributed by atoms with Gasteiger partial charge in [-0.05, 0) is 0 Å². The monoisotopic (exact) mass is 284 g/mol. The third kappa shape index (κ3) is 7.31. The van der Waals surface area contributed by atoms with Crippen molar-refractivity contribution in [3.8, 4) is 0 Å². The summed E-state index contributed by atoms with van der Waals surface area (Å²) in [4.78, 5) is 0. The van der Waals surface area contributed by atoms with Crippen LogP contribution in [-0.2, 0) is 10.1 Å². The van der Waals surface area contributed by atoms with E-state index in [1.54, 1.807) is 0 Å². The van der Waals surface area contributed by atoms with Crippen molar-refractivity contribution in [3.63, 3.8) is 0 Å². The molecule has 1 unspecified atom stereocenters. The molecule has 1 atom stereocenters. The van der Waals surface area contributed by atoms with E-state index in [1.165, 1.54) is 17.3 Å². The van der Waals surface area contributed by atoms with E-state index in [-0.39, 0.29) is 0 Å². The summed E-state index contributed by atoms with van der Waals surface area (Å²) in [6.45, 7) is 2.30. The quantitative estimate of drug-likeness (QED) is 0.546. The maximum absolute atomic E-state index is 10.7. The molecule has 1 saturated heterocycles.